The fraction of sp³-hybridized carbons (Fsp3) is 1.00. The Hall–Kier alpha value is 0.850. The molecule has 0 unspecified atom stereocenters. The summed E-state index contributed by atoms with van der Waals surface area (Å²) in [5, 5.41) is 0. The monoisotopic (exact) mass is 386 g/mol. The van der Waals surface area contributed by atoms with E-state index in [-0.39, 0.29) is 6.92 Å². The molecule has 0 aromatic carbocycles. The Morgan fingerprint density at radius 3 is 0.800 bits per heavy atom. The van der Waals surface area contributed by atoms with Crippen LogP contribution in [0.25, 0.3) is 0 Å². The Balaban J connectivity index is -0.0000000487. The molecule has 13 heteroatoms. The first-order valence-corrected chi connectivity index (χ1v) is 10.4. The fourth-order valence-corrected chi connectivity index (χ4v) is 0. The Morgan fingerprint density at radius 1 is 0.800 bits per heavy atom. The van der Waals surface area contributed by atoms with Gasteiger partial charge in [-0.25, -0.2) is 0 Å². The van der Waals surface area contributed by atoms with Crippen molar-refractivity contribution in [3.63, 3.8) is 0 Å². The average molecular weight is 386 g/mol. The highest BCUT2D eigenvalue weighted by atomic mass is 32.5. The van der Waals surface area contributed by atoms with Gasteiger partial charge in [-0.2, -0.15) is 13.2 Å². The van der Waals surface area contributed by atoms with Gasteiger partial charge in [0, 0.05) is 6.92 Å². The summed E-state index contributed by atoms with van der Waals surface area (Å²) in [6, 6.07) is 0. The molecular formula is C7H23F3O6P2S2. The molecule has 0 fully saturated rings. The zero-order valence-electron chi connectivity index (χ0n) is 11.7. The van der Waals surface area contributed by atoms with Crippen LogP contribution in [0, 0.1) is 0 Å². The van der Waals surface area contributed by atoms with E-state index < -0.39 is 19.6 Å². The SMILES string of the molecule is CC.CC(F)(F)F.CCC.OP(O)(O)=S.OP(O)(O)=S. The van der Waals surface area contributed by atoms with Crippen LogP contribution in [0.5, 0.6) is 0 Å². The van der Waals surface area contributed by atoms with Crippen LogP contribution in [0.15, 0.2) is 0 Å². The zero-order valence-corrected chi connectivity index (χ0v) is 15.2. The maximum absolute atomic E-state index is 10.4. The van der Waals surface area contributed by atoms with Crippen molar-refractivity contribution < 1.29 is 42.5 Å². The van der Waals surface area contributed by atoms with Crippen molar-refractivity contribution in [3.8, 4) is 0 Å². The summed E-state index contributed by atoms with van der Waals surface area (Å²) < 4.78 is 31.1. The van der Waals surface area contributed by atoms with E-state index in [4.69, 9.17) is 29.4 Å². The summed E-state index contributed by atoms with van der Waals surface area (Å²) in [5.41, 5.74) is 0. The Bertz CT molecular complexity index is 223. The third-order valence-corrected chi connectivity index (χ3v) is 0. The van der Waals surface area contributed by atoms with Gasteiger partial charge in [-0.05, 0) is 23.6 Å². The summed E-state index contributed by atoms with van der Waals surface area (Å²) >= 11 is 7.21. The predicted molar refractivity (Wildman–Crippen MR) is 80.9 cm³/mol. The van der Waals surface area contributed by atoms with Crippen LogP contribution in [0.1, 0.15) is 41.0 Å². The van der Waals surface area contributed by atoms with E-state index in [1.807, 2.05) is 13.8 Å². The topological polar surface area (TPSA) is 121 Å². The van der Waals surface area contributed by atoms with Crippen molar-refractivity contribution >= 4 is 37.1 Å². The molecule has 20 heavy (non-hydrogen) atoms. The van der Waals surface area contributed by atoms with Crippen LogP contribution in [-0.4, -0.2) is 35.5 Å². The molecule has 0 aliphatic carbocycles. The lowest BCUT2D eigenvalue weighted by molar-refractivity contribution is -0.110. The van der Waals surface area contributed by atoms with Crippen molar-refractivity contribution in [1.29, 1.82) is 0 Å². The Morgan fingerprint density at radius 2 is 0.800 bits per heavy atom. The molecule has 0 rings (SSSR count). The third kappa shape index (κ3) is 8310. The van der Waals surface area contributed by atoms with E-state index in [9.17, 15) is 13.2 Å². The van der Waals surface area contributed by atoms with Gasteiger partial charge in [-0.1, -0.05) is 34.1 Å². The number of alkyl halides is 3. The number of rotatable bonds is 0. The van der Waals surface area contributed by atoms with Crippen LogP contribution < -0.4 is 0 Å². The third-order valence-electron chi connectivity index (χ3n) is 0. The van der Waals surface area contributed by atoms with Crippen molar-refractivity contribution in [2.24, 2.45) is 0 Å². The van der Waals surface area contributed by atoms with Crippen LogP contribution >= 0.6 is 13.4 Å². The second-order valence-electron chi connectivity index (χ2n) is 2.51. The fourth-order valence-electron chi connectivity index (χ4n) is 0. The lowest BCUT2D eigenvalue weighted by Crippen LogP contribution is -1.95. The number of hydrogen-bond donors (Lipinski definition) is 6. The molecule has 0 bridgehead atoms. The van der Waals surface area contributed by atoms with Gasteiger partial charge in [-0.15, -0.1) is 0 Å². The number of hydrogen-bond acceptors (Lipinski definition) is 2. The van der Waals surface area contributed by atoms with Gasteiger partial charge in [0.25, 0.3) is 0 Å². The van der Waals surface area contributed by atoms with Crippen molar-refractivity contribution in [2.75, 3.05) is 0 Å². The second kappa shape index (κ2) is 17.9. The van der Waals surface area contributed by atoms with Crippen LogP contribution in [0.4, 0.5) is 13.2 Å². The van der Waals surface area contributed by atoms with Crippen LogP contribution in [0.3, 0.4) is 0 Å². The molecule has 0 saturated heterocycles. The van der Waals surface area contributed by atoms with Gasteiger partial charge in [-0.3, -0.25) is 0 Å². The summed E-state index contributed by atoms with van der Waals surface area (Å²) in [7, 11) is 0. The lowest BCUT2D eigenvalue weighted by Gasteiger charge is -1.88. The zero-order chi connectivity index (χ0) is 18.2. The molecule has 0 radical (unpaired) electrons. The minimum Gasteiger partial charge on any atom is -0.325 e. The predicted octanol–water partition coefficient (Wildman–Crippen LogP) is 2.39. The molecule has 0 heterocycles. The molecule has 0 atom stereocenters. The minimum absolute atomic E-state index is 0.188. The summed E-state index contributed by atoms with van der Waals surface area (Å²) in [6.45, 7) is 0.826. The van der Waals surface area contributed by atoms with E-state index in [1.54, 1.807) is 0 Å². The smallest absolute Gasteiger partial charge is 0.325 e. The molecule has 0 aromatic rings. The quantitative estimate of drug-likeness (QED) is 0.351. The molecule has 6 N–H and O–H groups in total. The number of halogens is 3. The first kappa shape index (κ1) is 32.7. The summed E-state index contributed by atoms with van der Waals surface area (Å²) in [4.78, 5) is 45.3. The maximum atomic E-state index is 10.4. The average Bonchev–Trinajstić information content (AvgIpc) is 1.97. The van der Waals surface area contributed by atoms with Crippen molar-refractivity contribution in [1.82, 2.24) is 0 Å². The second-order valence-corrected chi connectivity index (χ2v) is 7.51. The van der Waals surface area contributed by atoms with E-state index in [0.29, 0.717) is 0 Å². The maximum Gasteiger partial charge on any atom is 0.386 e. The van der Waals surface area contributed by atoms with E-state index >= 15 is 0 Å². The molecular weight excluding hydrogens is 363 g/mol. The molecule has 0 amide bonds. The molecule has 0 spiro atoms. The van der Waals surface area contributed by atoms with Crippen molar-refractivity contribution in [3.05, 3.63) is 0 Å². The highest BCUT2D eigenvalue weighted by Crippen LogP contribution is 2.26. The molecule has 6 nitrogen and oxygen atoms in total. The summed E-state index contributed by atoms with van der Waals surface area (Å²) in [5.74, 6) is 0. The molecule has 0 aliphatic heterocycles. The minimum atomic E-state index is -4.00. The molecule has 0 saturated carbocycles. The van der Waals surface area contributed by atoms with Gasteiger partial charge in [0.1, 0.15) is 0 Å². The lowest BCUT2D eigenvalue weighted by atomic mass is 10.6. The Kier molecular flexibility index (Phi) is 29.3. The van der Waals surface area contributed by atoms with Gasteiger partial charge in [0.05, 0.1) is 0 Å². The van der Waals surface area contributed by atoms with E-state index in [1.165, 1.54) is 6.42 Å². The molecule has 0 aromatic heterocycles. The largest absolute Gasteiger partial charge is 0.386 e. The van der Waals surface area contributed by atoms with Crippen LogP contribution in [0.2, 0.25) is 0 Å². The molecule has 130 valence electrons. The van der Waals surface area contributed by atoms with Crippen LogP contribution in [-0.2, 0) is 23.6 Å². The van der Waals surface area contributed by atoms with E-state index in [0.717, 1.165) is 0 Å². The van der Waals surface area contributed by atoms with Gasteiger partial charge < -0.3 is 29.4 Å². The first-order valence-electron chi connectivity index (χ1n) is 5.05. The summed E-state index contributed by atoms with van der Waals surface area (Å²) in [6.07, 6.45) is -2.75. The van der Waals surface area contributed by atoms with Gasteiger partial charge >= 0.3 is 19.6 Å². The first-order chi connectivity index (χ1) is 8.41. The van der Waals surface area contributed by atoms with Gasteiger partial charge in [0.15, 0.2) is 0 Å². The standard InChI is InChI=1S/C3H8.C2H3F3.C2H6.2H3O3PS/c1-3-2;1-2(3,4)5;1-2;2*1-4(2,3)5/h3H2,1-2H3;1H3;1-2H3;2*(H3,1,2,3,5). The highest BCUT2D eigenvalue weighted by Gasteiger charge is 2.15. The molecule has 0 aliphatic rings. The van der Waals surface area contributed by atoms with Crippen molar-refractivity contribution in [2.45, 2.75) is 47.2 Å². The Labute approximate surface area is 127 Å². The van der Waals surface area contributed by atoms with Gasteiger partial charge in [0.2, 0.25) is 0 Å². The normalized spacial score (nSPS) is 10.1. The highest BCUT2D eigenvalue weighted by molar-refractivity contribution is 8.06. The van der Waals surface area contributed by atoms with E-state index in [2.05, 4.69) is 37.5 Å².